The van der Waals surface area contributed by atoms with Gasteiger partial charge in [-0.05, 0) is 30.3 Å². The Kier molecular flexibility index (Phi) is 4.17. The zero-order valence-electron chi connectivity index (χ0n) is 12.7. The van der Waals surface area contributed by atoms with Crippen LogP contribution in [0.5, 0.6) is 0 Å². The van der Waals surface area contributed by atoms with E-state index in [4.69, 9.17) is 0 Å². The van der Waals surface area contributed by atoms with Gasteiger partial charge >= 0.3 is 0 Å². The van der Waals surface area contributed by atoms with E-state index in [0.29, 0.717) is 10.6 Å². The molecule has 3 heterocycles. The summed E-state index contributed by atoms with van der Waals surface area (Å²) in [6, 6.07) is 7.61. The summed E-state index contributed by atoms with van der Waals surface area (Å²) in [7, 11) is 0. The second kappa shape index (κ2) is 6.46. The van der Waals surface area contributed by atoms with Crippen LogP contribution in [0.4, 0.5) is 15.2 Å². The van der Waals surface area contributed by atoms with Gasteiger partial charge in [0.25, 0.3) is 5.91 Å². The Morgan fingerprint density at radius 3 is 2.67 bits per heavy atom. The van der Waals surface area contributed by atoms with E-state index in [1.165, 1.54) is 23.5 Å². The third-order valence-electron chi connectivity index (χ3n) is 3.79. The van der Waals surface area contributed by atoms with Crippen molar-refractivity contribution in [2.75, 3.05) is 36.4 Å². The molecule has 3 aromatic rings. The van der Waals surface area contributed by atoms with Crippen molar-refractivity contribution in [1.82, 2.24) is 10.3 Å². The number of hydrogen-bond donors (Lipinski definition) is 2. The van der Waals surface area contributed by atoms with Gasteiger partial charge in [0.2, 0.25) is 0 Å². The highest BCUT2D eigenvalue weighted by molar-refractivity contribution is 7.29. The van der Waals surface area contributed by atoms with Crippen LogP contribution in [0, 0.1) is 5.82 Å². The quantitative estimate of drug-likeness (QED) is 0.751. The van der Waals surface area contributed by atoms with E-state index < -0.39 is 0 Å². The van der Waals surface area contributed by atoms with Crippen molar-refractivity contribution in [2.24, 2.45) is 0 Å². The first-order valence-corrected chi connectivity index (χ1v) is 9.25. The average Bonchev–Trinajstić information content (AvgIpc) is 3.17. The van der Waals surface area contributed by atoms with Crippen LogP contribution in [0.2, 0.25) is 0 Å². The number of anilines is 2. The first-order chi connectivity index (χ1) is 11.7. The predicted octanol–water partition coefficient (Wildman–Crippen LogP) is 3.16. The number of aromatic nitrogens is 1. The molecule has 1 aromatic carbocycles. The van der Waals surface area contributed by atoms with Crippen LogP contribution in [0.1, 0.15) is 9.67 Å². The van der Waals surface area contributed by atoms with E-state index in [2.05, 4.69) is 20.5 Å². The highest BCUT2D eigenvalue weighted by Crippen LogP contribution is 2.35. The van der Waals surface area contributed by atoms with Crippen molar-refractivity contribution in [2.45, 2.75) is 0 Å². The second-order valence-corrected chi connectivity index (χ2v) is 7.51. The molecule has 4 rings (SSSR count). The number of amides is 1. The minimum Gasteiger partial charge on any atom is -0.345 e. The van der Waals surface area contributed by atoms with E-state index in [-0.39, 0.29) is 11.7 Å². The molecule has 0 aliphatic carbocycles. The molecular weight excluding hydrogens is 347 g/mol. The van der Waals surface area contributed by atoms with Gasteiger partial charge in [0.05, 0.1) is 9.58 Å². The number of carbonyl (C=O) groups excluding carboxylic acids is 1. The summed E-state index contributed by atoms with van der Waals surface area (Å²) in [5, 5.41) is 7.12. The van der Waals surface area contributed by atoms with Crippen molar-refractivity contribution < 1.29 is 9.18 Å². The van der Waals surface area contributed by atoms with Crippen molar-refractivity contribution >= 4 is 48.9 Å². The van der Waals surface area contributed by atoms with E-state index in [9.17, 15) is 9.18 Å². The number of benzene rings is 1. The molecule has 124 valence electrons. The fourth-order valence-corrected chi connectivity index (χ4v) is 4.71. The predicted molar refractivity (Wildman–Crippen MR) is 96.9 cm³/mol. The lowest BCUT2D eigenvalue weighted by molar-refractivity contribution is 0.103. The molecule has 1 fully saturated rings. The highest BCUT2D eigenvalue weighted by Gasteiger charge is 2.18. The van der Waals surface area contributed by atoms with Gasteiger partial charge in [-0.3, -0.25) is 4.79 Å². The van der Waals surface area contributed by atoms with Crippen LogP contribution >= 0.6 is 22.7 Å². The van der Waals surface area contributed by atoms with Gasteiger partial charge in [-0.25, -0.2) is 9.37 Å². The first-order valence-electron chi connectivity index (χ1n) is 7.62. The Morgan fingerprint density at radius 2 is 1.96 bits per heavy atom. The molecule has 0 radical (unpaired) electrons. The molecule has 0 spiro atoms. The number of thiophene rings is 1. The molecule has 8 heteroatoms. The van der Waals surface area contributed by atoms with Gasteiger partial charge in [-0.1, -0.05) is 11.3 Å². The lowest BCUT2D eigenvalue weighted by Crippen LogP contribution is -2.43. The van der Waals surface area contributed by atoms with Gasteiger partial charge in [-0.15, -0.1) is 11.3 Å². The number of fused-ring (bicyclic) bond motifs is 1. The highest BCUT2D eigenvalue weighted by atomic mass is 32.1. The summed E-state index contributed by atoms with van der Waals surface area (Å²) in [5.74, 6) is -0.519. The Hall–Kier alpha value is -2.03. The molecule has 0 saturated carbocycles. The van der Waals surface area contributed by atoms with Crippen molar-refractivity contribution in [3.8, 4) is 0 Å². The van der Waals surface area contributed by atoms with Crippen molar-refractivity contribution in [3.05, 3.63) is 41.0 Å². The van der Waals surface area contributed by atoms with Gasteiger partial charge in [-0.2, -0.15) is 0 Å². The van der Waals surface area contributed by atoms with Crippen LogP contribution in [-0.2, 0) is 0 Å². The molecule has 1 aliphatic heterocycles. The Labute approximate surface area is 146 Å². The van der Waals surface area contributed by atoms with Crippen molar-refractivity contribution in [1.29, 1.82) is 0 Å². The molecule has 0 unspecified atom stereocenters. The van der Waals surface area contributed by atoms with Gasteiger partial charge in [0.1, 0.15) is 10.6 Å². The number of nitrogens with one attached hydrogen (secondary N) is 2. The van der Waals surface area contributed by atoms with Gasteiger partial charge < -0.3 is 15.5 Å². The molecular formula is C16H15FN4OS2. The third kappa shape index (κ3) is 3.12. The van der Waals surface area contributed by atoms with Crippen molar-refractivity contribution in [3.63, 3.8) is 0 Å². The van der Waals surface area contributed by atoms with E-state index in [1.807, 2.05) is 6.07 Å². The van der Waals surface area contributed by atoms with Crippen LogP contribution in [0.3, 0.4) is 0 Å². The minimum absolute atomic E-state index is 0.194. The Morgan fingerprint density at radius 1 is 1.21 bits per heavy atom. The SMILES string of the molecule is O=C(Nc1ccc(F)cc1)c1cc2sc(N3CCNCC3)nc2s1. The van der Waals surface area contributed by atoms with Crippen LogP contribution in [0.15, 0.2) is 30.3 Å². The maximum Gasteiger partial charge on any atom is 0.265 e. The fraction of sp³-hybridized carbons (Fsp3) is 0.250. The molecule has 2 N–H and O–H groups in total. The van der Waals surface area contributed by atoms with E-state index in [0.717, 1.165) is 40.8 Å². The van der Waals surface area contributed by atoms with Gasteiger partial charge in [0.15, 0.2) is 5.13 Å². The molecule has 24 heavy (non-hydrogen) atoms. The molecule has 5 nitrogen and oxygen atoms in total. The third-order valence-corrected chi connectivity index (χ3v) is 6.01. The summed E-state index contributed by atoms with van der Waals surface area (Å²) in [4.78, 5) is 20.7. The smallest absolute Gasteiger partial charge is 0.265 e. The summed E-state index contributed by atoms with van der Waals surface area (Å²) in [6.07, 6.45) is 0. The molecule has 1 amide bonds. The minimum atomic E-state index is -0.325. The Balaban J connectivity index is 1.51. The normalized spacial score (nSPS) is 15.0. The average molecular weight is 362 g/mol. The zero-order chi connectivity index (χ0) is 16.5. The molecule has 0 bridgehead atoms. The number of rotatable bonds is 3. The number of piperazine rings is 1. The molecule has 1 saturated heterocycles. The topological polar surface area (TPSA) is 57.3 Å². The lowest BCUT2D eigenvalue weighted by Gasteiger charge is -2.26. The standard InChI is InChI=1S/C16H15FN4OS2/c17-10-1-3-11(4-2-10)19-14(22)12-9-13-15(23-12)20-16(24-13)21-7-5-18-6-8-21/h1-4,9,18H,5-8H2,(H,19,22). The maximum atomic E-state index is 12.9. The summed E-state index contributed by atoms with van der Waals surface area (Å²) in [5.41, 5.74) is 0.576. The zero-order valence-corrected chi connectivity index (χ0v) is 14.3. The van der Waals surface area contributed by atoms with Crippen LogP contribution in [0.25, 0.3) is 9.53 Å². The van der Waals surface area contributed by atoms with E-state index >= 15 is 0 Å². The molecule has 1 aliphatic rings. The molecule has 0 atom stereocenters. The van der Waals surface area contributed by atoms with Gasteiger partial charge in [0, 0.05) is 31.9 Å². The first kappa shape index (κ1) is 15.5. The maximum absolute atomic E-state index is 12.9. The fourth-order valence-electron chi connectivity index (χ4n) is 2.55. The number of halogens is 1. The largest absolute Gasteiger partial charge is 0.345 e. The summed E-state index contributed by atoms with van der Waals surface area (Å²) < 4.78 is 13.9. The summed E-state index contributed by atoms with van der Waals surface area (Å²) >= 11 is 3.00. The lowest BCUT2D eigenvalue weighted by atomic mass is 10.3. The monoisotopic (exact) mass is 362 g/mol. The number of carbonyl (C=O) groups is 1. The molecule has 2 aromatic heterocycles. The number of nitrogens with zero attached hydrogens (tertiary/aromatic N) is 2. The van der Waals surface area contributed by atoms with Crippen LogP contribution < -0.4 is 15.5 Å². The van der Waals surface area contributed by atoms with E-state index in [1.54, 1.807) is 23.5 Å². The summed E-state index contributed by atoms with van der Waals surface area (Å²) in [6.45, 7) is 3.86. The second-order valence-electron chi connectivity index (χ2n) is 5.47. The number of hydrogen-bond acceptors (Lipinski definition) is 6. The Bertz CT molecular complexity index is 836. The van der Waals surface area contributed by atoms with Crippen LogP contribution in [-0.4, -0.2) is 37.1 Å². The number of thiazole rings is 1.